The fourth-order valence-electron chi connectivity index (χ4n) is 0. The summed E-state index contributed by atoms with van der Waals surface area (Å²) in [5, 5.41) is 0. The molecule has 26 valence electrons. The Balaban J connectivity index is 2.32. The van der Waals surface area contributed by atoms with E-state index in [9.17, 15) is 0 Å². The van der Waals surface area contributed by atoms with E-state index in [-0.39, 0.29) is 8.80 Å². The van der Waals surface area contributed by atoms with Crippen LogP contribution >= 0.6 is 0 Å². The topological polar surface area (TPSA) is 0 Å². The average molecular weight is 73.2 g/mol. The average Bonchev–Trinajstić information content (AvgIpc) is 0.811. The third-order valence-corrected chi connectivity index (χ3v) is 0. The molecule has 4 heavy (non-hydrogen) atoms. The Labute approximate surface area is 29.4 Å². The van der Waals surface area contributed by atoms with Crippen LogP contribution in [0.1, 0.15) is 0 Å². The lowest BCUT2D eigenvalue weighted by Crippen LogP contribution is -1.84. The lowest BCUT2D eigenvalue weighted by atomic mass is 11.8. The van der Waals surface area contributed by atoms with Crippen LogP contribution in [-0.2, 0) is 0 Å². The molecule has 0 aliphatic rings. The summed E-state index contributed by atoms with van der Waals surface area (Å²) in [6.45, 7) is 6.81. The van der Waals surface area contributed by atoms with Gasteiger partial charge in [-0.3, -0.25) is 8.80 Å². The van der Waals surface area contributed by atoms with E-state index < -0.39 is 0 Å². The van der Waals surface area contributed by atoms with Crippen LogP contribution in [0, 0.1) is 0 Å². The first-order valence-corrected chi connectivity index (χ1v) is 4.50. The van der Waals surface area contributed by atoms with Crippen molar-refractivity contribution in [1.82, 2.24) is 0 Å². The second-order valence-corrected chi connectivity index (χ2v) is 4.50. The van der Waals surface area contributed by atoms with Gasteiger partial charge in [0, 0.05) is 0 Å². The molecule has 0 aromatic heterocycles. The van der Waals surface area contributed by atoms with Crippen molar-refractivity contribution in [2.75, 3.05) is 0 Å². The Kier molecular flexibility index (Phi) is 1.61. The van der Waals surface area contributed by atoms with Gasteiger partial charge in [-0.05, 0) is 0 Å². The van der Waals surface area contributed by atoms with Gasteiger partial charge < -0.3 is 0 Å². The number of rotatable bonds is 0. The monoisotopic (exact) mass is 73.0 g/mol. The predicted octanol–water partition coefficient (Wildman–Crippen LogP) is 1.37. The maximum atomic E-state index is 2.27. The summed E-state index contributed by atoms with van der Waals surface area (Å²) < 4.78 is 0. The first-order valence-electron chi connectivity index (χ1n) is 1.50. The summed E-state index contributed by atoms with van der Waals surface area (Å²) in [7, 11) is 0.120. The van der Waals surface area contributed by atoms with Crippen LogP contribution in [0.3, 0.4) is 0 Å². The van der Waals surface area contributed by atoms with Crippen molar-refractivity contribution in [2.45, 2.75) is 19.6 Å². The summed E-state index contributed by atoms with van der Waals surface area (Å²) >= 11 is 0. The van der Waals surface area contributed by atoms with Crippen molar-refractivity contribution in [1.29, 1.82) is 0 Å². The van der Waals surface area contributed by atoms with E-state index in [0.29, 0.717) is 0 Å². The normalized spacial score (nSPS) is 9.00. The highest BCUT2D eigenvalue weighted by Crippen LogP contribution is 1.68. The second-order valence-electron chi connectivity index (χ2n) is 1.50. The first kappa shape index (κ1) is 4.22. The van der Waals surface area contributed by atoms with E-state index in [0.717, 1.165) is 0 Å². The second kappa shape index (κ2) is 1.53. The molecule has 0 bridgehead atoms. The zero-order valence-electron chi connectivity index (χ0n) is 3.50. The first-order chi connectivity index (χ1) is 1.73. The minimum atomic E-state index is 0.120. The molecule has 0 saturated heterocycles. The molecule has 0 aliphatic carbocycles. The lowest BCUT2D eigenvalue weighted by molar-refractivity contribution is 1.91. The van der Waals surface area contributed by atoms with Crippen LogP contribution in [0.2, 0.25) is 19.6 Å². The predicted molar refractivity (Wildman–Crippen MR) is 23.3 cm³/mol. The van der Waals surface area contributed by atoms with Crippen LogP contribution in [-0.4, -0.2) is 8.80 Å². The molecule has 0 unspecified atom stereocenters. The van der Waals surface area contributed by atoms with E-state index in [1.807, 2.05) is 0 Å². The van der Waals surface area contributed by atoms with Crippen molar-refractivity contribution < 1.29 is 0 Å². The summed E-state index contributed by atoms with van der Waals surface area (Å²) in [5.41, 5.74) is 0. The SMILES string of the molecule is C[Si-](C)C. The zero-order valence-corrected chi connectivity index (χ0v) is 4.50. The van der Waals surface area contributed by atoms with Gasteiger partial charge in [-0.1, -0.05) is 0 Å². The lowest BCUT2D eigenvalue weighted by Gasteiger charge is -1.96. The molecular formula is C3H9Si-. The molecule has 0 atom stereocenters. The molecule has 0 aliphatic heterocycles. The Morgan fingerprint density at radius 2 is 1.00 bits per heavy atom. The Bertz CT molecular complexity index is 8.00. The van der Waals surface area contributed by atoms with E-state index in [4.69, 9.17) is 0 Å². The van der Waals surface area contributed by atoms with Gasteiger partial charge in [0.2, 0.25) is 0 Å². The van der Waals surface area contributed by atoms with Gasteiger partial charge in [0.25, 0.3) is 0 Å². The van der Waals surface area contributed by atoms with Gasteiger partial charge >= 0.3 is 0 Å². The van der Waals surface area contributed by atoms with E-state index in [1.54, 1.807) is 0 Å². The van der Waals surface area contributed by atoms with Crippen molar-refractivity contribution in [3.63, 3.8) is 0 Å². The third-order valence-electron chi connectivity index (χ3n) is 0. The largest absolute Gasteiger partial charge is 0.271 e. The molecule has 0 aromatic rings. The number of hydrogen-bond acceptors (Lipinski definition) is 0. The molecule has 0 aromatic carbocycles. The van der Waals surface area contributed by atoms with Gasteiger partial charge in [-0.2, -0.15) is 19.6 Å². The molecule has 0 N–H and O–H groups in total. The van der Waals surface area contributed by atoms with Crippen LogP contribution in [0.25, 0.3) is 0 Å². The Hall–Kier alpha value is 0.217. The summed E-state index contributed by atoms with van der Waals surface area (Å²) in [4.78, 5) is 0. The highest BCUT2D eigenvalue weighted by atomic mass is 28.3. The molecule has 0 heterocycles. The molecule has 0 rings (SSSR count). The third kappa shape index (κ3) is 69.8. The molecule has 0 fully saturated rings. The fourth-order valence-corrected chi connectivity index (χ4v) is 0. The Morgan fingerprint density at radius 1 is 1.00 bits per heavy atom. The smallest absolute Gasteiger partial charge is 0.194 e. The van der Waals surface area contributed by atoms with Crippen molar-refractivity contribution in [3.05, 3.63) is 0 Å². The zero-order chi connectivity index (χ0) is 3.58. The van der Waals surface area contributed by atoms with Gasteiger partial charge in [0.15, 0.2) is 0 Å². The molecular weight excluding hydrogens is 64.1 g/mol. The van der Waals surface area contributed by atoms with E-state index >= 15 is 0 Å². The van der Waals surface area contributed by atoms with Crippen molar-refractivity contribution >= 4 is 8.80 Å². The van der Waals surface area contributed by atoms with E-state index in [1.165, 1.54) is 0 Å². The maximum absolute atomic E-state index is 2.27. The standard InChI is InChI=1S/C3H9Si/c1-4(2)3/h1-3H3/q-1. The van der Waals surface area contributed by atoms with Gasteiger partial charge in [0.1, 0.15) is 0 Å². The summed E-state index contributed by atoms with van der Waals surface area (Å²) in [6, 6.07) is 0. The van der Waals surface area contributed by atoms with Gasteiger partial charge in [-0.25, -0.2) is 0 Å². The fraction of sp³-hybridized carbons (Fsp3) is 1.00. The highest BCUT2D eigenvalue weighted by molar-refractivity contribution is 6.54. The molecule has 0 amide bonds. The molecule has 1 heteroatoms. The van der Waals surface area contributed by atoms with Crippen LogP contribution in [0.15, 0.2) is 0 Å². The van der Waals surface area contributed by atoms with Crippen molar-refractivity contribution in [2.24, 2.45) is 0 Å². The minimum Gasteiger partial charge on any atom is -0.271 e. The summed E-state index contributed by atoms with van der Waals surface area (Å²) in [6.07, 6.45) is 0. The molecule has 0 radical (unpaired) electrons. The minimum absolute atomic E-state index is 0.120. The molecule has 0 saturated carbocycles. The van der Waals surface area contributed by atoms with E-state index in [2.05, 4.69) is 19.6 Å². The Morgan fingerprint density at radius 3 is 1.00 bits per heavy atom. The van der Waals surface area contributed by atoms with Crippen LogP contribution in [0.4, 0.5) is 0 Å². The highest BCUT2D eigenvalue weighted by Gasteiger charge is 1.50. The number of hydrogen-bond donors (Lipinski definition) is 0. The molecule has 0 nitrogen and oxygen atoms in total. The molecule has 0 spiro atoms. The van der Waals surface area contributed by atoms with Crippen molar-refractivity contribution in [3.8, 4) is 0 Å². The van der Waals surface area contributed by atoms with Gasteiger partial charge in [0.05, 0.1) is 0 Å². The van der Waals surface area contributed by atoms with Crippen LogP contribution in [0.5, 0.6) is 0 Å². The quantitative estimate of drug-likeness (QED) is 0.380. The summed E-state index contributed by atoms with van der Waals surface area (Å²) in [5.74, 6) is 0. The maximum Gasteiger partial charge on any atom is -0.194 e. The van der Waals surface area contributed by atoms with Crippen LogP contribution < -0.4 is 0 Å². The van der Waals surface area contributed by atoms with Gasteiger partial charge in [-0.15, -0.1) is 0 Å².